The molecule has 11 heteroatoms. The van der Waals surface area contributed by atoms with Crippen LogP contribution < -0.4 is 5.32 Å². The third-order valence-corrected chi connectivity index (χ3v) is 3.17. The monoisotopic (exact) mass is 374 g/mol. The van der Waals surface area contributed by atoms with Crippen LogP contribution in [0.5, 0.6) is 0 Å². The highest BCUT2D eigenvalue weighted by atomic mass is 19.4. The Kier molecular flexibility index (Phi) is 5.28. The zero-order chi connectivity index (χ0) is 19.6. The van der Waals surface area contributed by atoms with Gasteiger partial charge in [-0.3, -0.25) is 10.1 Å². The standard InChI is InChI=1S/C15H14F4N4O3/c1-4-26-12(25)9-6-11(10(16)5-7(9)2)23-14(20-8(3)24)21-13(22-23)15(17,18)19/h5-6H,4H2,1-3H3,(H,20,21,22,24). The molecule has 140 valence electrons. The maximum atomic E-state index is 14.4. The molecule has 0 aliphatic carbocycles. The Morgan fingerprint density at radius 2 is 1.96 bits per heavy atom. The molecule has 0 saturated carbocycles. The number of hydrogen-bond acceptors (Lipinski definition) is 5. The van der Waals surface area contributed by atoms with Crippen LogP contribution in [0.3, 0.4) is 0 Å². The van der Waals surface area contributed by atoms with Crippen molar-refractivity contribution >= 4 is 17.8 Å². The molecule has 0 saturated heterocycles. The molecule has 0 unspecified atom stereocenters. The predicted molar refractivity (Wildman–Crippen MR) is 81.3 cm³/mol. The summed E-state index contributed by atoms with van der Waals surface area (Å²) in [4.78, 5) is 26.3. The van der Waals surface area contributed by atoms with E-state index in [1.807, 2.05) is 5.32 Å². The quantitative estimate of drug-likeness (QED) is 0.657. The van der Waals surface area contributed by atoms with Gasteiger partial charge in [-0.1, -0.05) is 0 Å². The van der Waals surface area contributed by atoms with Gasteiger partial charge in [0.1, 0.15) is 11.5 Å². The smallest absolute Gasteiger partial charge is 0.453 e. The van der Waals surface area contributed by atoms with E-state index < -0.39 is 41.3 Å². The zero-order valence-corrected chi connectivity index (χ0v) is 13.9. The summed E-state index contributed by atoms with van der Waals surface area (Å²) in [5, 5.41) is 5.26. The second-order valence-electron chi connectivity index (χ2n) is 5.19. The molecular weight excluding hydrogens is 360 g/mol. The number of carbonyl (C=O) groups is 2. The van der Waals surface area contributed by atoms with Gasteiger partial charge in [-0.2, -0.15) is 22.8 Å². The number of aromatic nitrogens is 3. The normalized spacial score (nSPS) is 11.3. The van der Waals surface area contributed by atoms with Gasteiger partial charge in [-0.15, -0.1) is 5.10 Å². The summed E-state index contributed by atoms with van der Waals surface area (Å²) in [6, 6.07) is 1.94. The lowest BCUT2D eigenvalue weighted by atomic mass is 10.1. The Balaban J connectivity index is 2.66. The molecule has 2 rings (SSSR count). The summed E-state index contributed by atoms with van der Waals surface area (Å²) in [5.41, 5.74) is -0.326. The molecule has 1 N–H and O–H groups in total. The lowest BCUT2D eigenvalue weighted by Gasteiger charge is -2.11. The maximum absolute atomic E-state index is 14.4. The fourth-order valence-corrected chi connectivity index (χ4v) is 2.09. The molecule has 1 amide bonds. The Labute approximate surface area is 145 Å². The van der Waals surface area contributed by atoms with Gasteiger partial charge in [0.25, 0.3) is 5.82 Å². The third-order valence-electron chi connectivity index (χ3n) is 3.17. The van der Waals surface area contributed by atoms with Gasteiger partial charge in [0.15, 0.2) is 0 Å². The molecule has 0 fully saturated rings. The number of esters is 1. The van der Waals surface area contributed by atoms with Crippen molar-refractivity contribution in [1.29, 1.82) is 0 Å². The lowest BCUT2D eigenvalue weighted by molar-refractivity contribution is -0.144. The van der Waals surface area contributed by atoms with Gasteiger partial charge in [0.2, 0.25) is 11.9 Å². The number of aryl methyl sites for hydroxylation is 1. The molecule has 7 nitrogen and oxygen atoms in total. The largest absolute Gasteiger partial charge is 0.462 e. The summed E-state index contributed by atoms with van der Waals surface area (Å²) < 4.78 is 58.3. The molecule has 26 heavy (non-hydrogen) atoms. The van der Waals surface area contributed by atoms with Crippen LogP contribution in [0, 0.1) is 12.7 Å². The molecule has 0 aliphatic rings. The van der Waals surface area contributed by atoms with Crippen molar-refractivity contribution in [3.8, 4) is 5.69 Å². The third kappa shape index (κ3) is 3.98. The molecule has 2 aromatic rings. The average Bonchev–Trinajstić information content (AvgIpc) is 2.90. The van der Waals surface area contributed by atoms with E-state index >= 15 is 0 Å². The van der Waals surface area contributed by atoms with E-state index in [2.05, 4.69) is 10.1 Å². The van der Waals surface area contributed by atoms with Gasteiger partial charge in [0.05, 0.1) is 12.2 Å². The number of carbonyl (C=O) groups excluding carboxylic acids is 2. The molecule has 0 atom stereocenters. The van der Waals surface area contributed by atoms with Crippen LogP contribution in [0.2, 0.25) is 0 Å². The first-order valence-electron chi connectivity index (χ1n) is 7.34. The molecule has 1 aromatic heterocycles. The van der Waals surface area contributed by atoms with E-state index in [0.717, 1.165) is 19.1 Å². The Bertz CT molecular complexity index is 861. The summed E-state index contributed by atoms with van der Waals surface area (Å²) in [5.74, 6) is -4.67. The van der Waals surface area contributed by atoms with Crippen molar-refractivity contribution in [3.63, 3.8) is 0 Å². The van der Waals surface area contributed by atoms with E-state index in [1.54, 1.807) is 6.92 Å². The van der Waals surface area contributed by atoms with Crippen LogP contribution in [0.25, 0.3) is 5.69 Å². The first-order chi connectivity index (χ1) is 12.0. The van der Waals surface area contributed by atoms with Crippen molar-refractivity contribution in [2.24, 2.45) is 0 Å². The number of alkyl halides is 3. The number of hydrogen-bond donors (Lipinski definition) is 1. The first kappa shape index (κ1) is 19.3. The highest BCUT2D eigenvalue weighted by Crippen LogP contribution is 2.29. The summed E-state index contributed by atoms with van der Waals surface area (Å²) >= 11 is 0. The highest BCUT2D eigenvalue weighted by Gasteiger charge is 2.38. The van der Waals surface area contributed by atoms with E-state index in [-0.39, 0.29) is 17.7 Å². The highest BCUT2D eigenvalue weighted by molar-refractivity contribution is 5.92. The molecule has 0 aliphatic heterocycles. The van der Waals surface area contributed by atoms with Crippen LogP contribution >= 0.6 is 0 Å². The van der Waals surface area contributed by atoms with Gasteiger partial charge in [0, 0.05) is 6.92 Å². The predicted octanol–water partition coefficient (Wildman–Crippen LogP) is 2.87. The number of halogens is 4. The average molecular weight is 374 g/mol. The summed E-state index contributed by atoms with van der Waals surface area (Å²) in [6.07, 6.45) is -4.91. The summed E-state index contributed by atoms with van der Waals surface area (Å²) in [6.45, 7) is 4.11. The molecule has 1 heterocycles. The fraction of sp³-hybridized carbons (Fsp3) is 0.333. The second kappa shape index (κ2) is 7.10. The summed E-state index contributed by atoms with van der Waals surface area (Å²) in [7, 11) is 0. The Morgan fingerprint density at radius 1 is 1.31 bits per heavy atom. The number of amides is 1. The number of ether oxygens (including phenoxy) is 1. The minimum atomic E-state index is -4.91. The number of anilines is 1. The SMILES string of the molecule is CCOC(=O)c1cc(-n2nc(C(F)(F)F)nc2NC(C)=O)c(F)cc1C. The van der Waals surface area contributed by atoms with Gasteiger partial charge >= 0.3 is 12.1 Å². The van der Waals surface area contributed by atoms with E-state index in [9.17, 15) is 27.2 Å². The number of nitrogens with zero attached hydrogens (tertiary/aromatic N) is 3. The van der Waals surface area contributed by atoms with Gasteiger partial charge < -0.3 is 4.74 Å². The van der Waals surface area contributed by atoms with Gasteiger partial charge in [-0.25, -0.2) is 9.18 Å². The molecule has 0 radical (unpaired) electrons. The van der Waals surface area contributed by atoms with Crippen molar-refractivity contribution < 1.29 is 31.9 Å². The Hall–Kier alpha value is -2.98. The minimum absolute atomic E-state index is 0.0546. The van der Waals surface area contributed by atoms with E-state index in [0.29, 0.717) is 4.68 Å². The number of rotatable bonds is 4. The van der Waals surface area contributed by atoms with Crippen molar-refractivity contribution in [2.45, 2.75) is 26.9 Å². The van der Waals surface area contributed by atoms with Crippen LogP contribution in [-0.4, -0.2) is 33.2 Å². The van der Waals surface area contributed by atoms with E-state index in [1.165, 1.54) is 6.92 Å². The van der Waals surface area contributed by atoms with E-state index in [4.69, 9.17) is 4.74 Å². The molecule has 1 aromatic carbocycles. The van der Waals surface area contributed by atoms with Crippen molar-refractivity contribution in [2.75, 3.05) is 11.9 Å². The second-order valence-corrected chi connectivity index (χ2v) is 5.19. The maximum Gasteiger partial charge on any atom is 0.453 e. The topological polar surface area (TPSA) is 86.1 Å². The number of benzene rings is 1. The van der Waals surface area contributed by atoms with Crippen LogP contribution in [0.15, 0.2) is 12.1 Å². The lowest BCUT2D eigenvalue weighted by Crippen LogP contribution is -2.14. The van der Waals surface area contributed by atoms with Crippen LogP contribution in [0.1, 0.15) is 35.6 Å². The van der Waals surface area contributed by atoms with Crippen LogP contribution in [0.4, 0.5) is 23.5 Å². The van der Waals surface area contributed by atoms with Crippen LogP contribution in [-0.2, 0) is 15.7 Å². The zero-order valence-electron chi connectivity index (χ0n) is 13.9. The minimum Gasteiger partial charge on any atom is -0.462 e. The Morgan fingerprint density at radius 3 is 2.50 bits per heavy atom. The molecular formula is C15H14F4N4O3. The fourth-order valence-electron chi connectivity index (χ4n) is 2.09. The van der Waals surface area contributed by atoms with Crippen molar-refractivity contribution in [1.82, 2.24) is 14.8 Å². The van der Waals surface area contributed by atoms with Gasteiger partial charge in [-0.05, 0) is 31.5 Å². The number of nitrogens with one attached hydrogen (secondary N) is 1. The first-order valence-corrected chi connectivity index (χ1v) is 7.34. The van der Waals surface area contributed by atoms with Crippen molar-refractivity contribution in [3.05, 3.63) is 34.9 Å². The molecule has 0 bridgehead atoms. The molecule has 0 spiro atoms.